The van der Waals surface area contributed by atoms with Gasteiger partial charge in [-0.1, -0.05) is 6.92 Å². The molecule has 0 amide bonds. The summed E-state index contributed by atoms with van der Waals surface area (Å²) in [5, 5.41) is 10.6. The van der Waals surface area contributed by atoms with E-state index in [1.807, 2.05) is 0 Å². The van der Waals surface area contributed by atoms with Crippen LogP contribution in [0.1, 0.15) is 27.2 Å². The maximum atomic E-state index is 11.2. The molecule has 0 saturated carbocycles. The van der Waals surface area contributed by atoms with E-state index in [2.05, 4.69) is 4.74 Å². The van der Waals surface area contributed by atoms with Crippen LogP contribution >= 0.6 is 0 Å². The number of nitrogens with zero attached hydrogens (tertiary/aromatic N) is 1. The van der Waals surface area contributed by atoms with Crippen LogP contribution in [0.5, 0.6) is 0 Å². The van der Waals surface area contributed by atoms with Crippen molar-refractivity contribution in [2.75, 3.05) is 6.61 Å². The zero-order valence-electron chi connectivity index (χ0n) is 9.06. The van der Waals surface area contributed by atoms with Gasteiger partial charge < -0.3 is 9.53 Å². The summed E-state index contributed by atoms with van der Waals surface area (Å²) in [5.74, 6) is -1.70. The Labute approximate surface area is 87.7 Å². The smallest absolute Gasteiger partial charge is 0.381 e. The average Bonchev–Trinajstić information content (AvgIpc) is 2.01. The highest BCUT2D eigenvalue weighted by Gasteiger charge is 2.37. The summed E-state index contributed by atoms with van der Waals surface area (Å²) < 4.78 is 4.58. The predicted molar refractivity (Wildman–Crippen MR) is 51.9 cm³/mol. The summed E-state index contributed by atoms with van der Waals surface area (Å²) in [4.78, 5) is 31.9. The maximum Gasteiger partial charge on any atom is 0.381 e. The first kappa shape index (κ1) is 13.5. The molecular formula is C9H15NO5. The third-order valence-corrected chi connectivity index (χ3v) is 1.90. The van der Waals surface area contributed by atoms with Crippen LogP contribution in [-0.2, 0) is 14.3 Å². The van der Waals surface area contributed by atoms with E-state index in [1.165, 1.54) is 13.8 Å². The number of Topliss-reactive ketones (excluding diaryl/α,β-unsaturated/α-hetero) is 1. The van der Waals surface area contributed by atoms with Gasteiger partial charge >= 0.3 is 12.0 Å². The molecule has 0 saturated heterocycles. The van der Waals surface area contributed by atoms with E-state index >= 15 is 0 Å². The fourth-order valence-electron chi connectivity index (χ4n) is 1.32. The van der Waals surface area contributed by atoms with Crippen molar-refractivity contribution >= 4 is 11.8 Å². The van der Waals surface area contributed by atoms with Crippen molar-refractivity contribution in [1.82, 2.24) is 0 Å². The third kappa shape index (κ3) is 4.53. The minimum absolute atomic E-state index is 0.00443. The van der Waals surface area contributed by atoms with Gasteiger partial charge in [-0.05, 0) is 13.8 Å². The molecule has 0 heterocycles. The zero-order valence-corrected chi connectivity index (χ0v) is 9.06. The molecule has 0 bridgehead atoms. The van der Waals surface area contributed by atoms with Crippen LogP contribution in [0.4, 0.5) is 0 Å². The van der Waals surface area contributed by atoms with E-state index in [9.17, 15) is 19.7 Å². The first-order valence-electron chi connectivity index (χ1n) is 4.69. The van der Waals surface area contributed by atoms with Gasteiger partial charge in [0.25, 0.3) is 0 Å². The molecule has 0 aliphatic heterocycles. The molecule has 0 aliphatic rings. The van der Waals surface area contributed by atoms with Crippen LogP contribution in [0.25, 0.3) is 0 Å². The number of esters is 1. The number of hydrogen-bond acceptors (Lipinski definition) is 5. The normalized spacial score (nSPS) is 14.1. The van der Waals surface area contributed by atoms with Crippen LogP contribution in [0, 0.1) is 16.0 Å². The van der Waals surface area contributed by atoms with Crippen molar-refractivity contribution in [3.8, 4) is 0 Å². The number of nitro groups is 1. The Morgan fingerprint density at radius 2 is 2.00 bits per heavy atom. The lowest BCUT2D eigenvalue weighted by molar-refractivity contribution is -0.518. The molecule has 0 aliphatic carbocycles. The molecule has 6 nitrogen and oxygen atoms in total. The van der Waals surface area contributed by atoms with Crippen LogP contribution in [-0.4, -0.2) is 29.3 Å². The standard InChI is InChI=1S/C9H15NO5/c1-4-15-9(12)8(10(13)14)6(2)5-7(3)11/h6,8H,4-5H2,1-3H3. The average molecular weight is 217 g/mol. The van der Waals surface area contributed by atoms with Gasteiger partial charge in [0.2, 0.25) is 0 Å². The molecule has 0 aromatic carbocycles. The summed E-state index contributed by atoms with van der Waals surface area (Å²) in [6.07, 6.45) is 0.00443. The van der Waals surface area contributed by atoms with Gasteiger partial charge in [-0.3, -0.25) is 10.1 Å². The second-order valence-electron chi connectivity index (χ2n) is 3.37. The van der Waals surface area contributed by atoms with Crippen molar-refractivity contribution < 1.29 is 19.2 Å². The topological polar surface area (TPSA) is 86.5 Å². The SMILES string of the molecule is CCOC(=O)C(C(C)CC(C)=O)[N+](=O)[O-]. The maximum absolute atomic E-state index is 11.2. The highest BCUT2D eigenvalue weighted by Crippen LogP contribution is 2.13. The number of ether oxygens (including phenoxy) is 1. The van der Waals surface area contributed by atoms with Crippen molar-refractivity contribution in [1.29, 1.82) is 0 Å². The highest BCUT2D eigenvalue weighted by molar-refractivity contribution is 5.79. The Bertz CT molecular complexity index is 263. The van der Waals surface area contributed by atoms with Gasteiger partial charge in [0.05, 0.1) is 6.61 Å². The van der Waals surface area contributed by atoms with Gasteiger partial charge in [-0.25, -0.2) is 4.79 Å². The molecule has 0 radical (unpaired) electrons. The van der Waals surface area contributed by atoms with Crippen molar-refractivity contribution in [3.63, 3.8) is 0 Å². The van der Waals surface area contributed by atoms with E-state index in [-0.39, 0.29) is 18.8 Å². The second-order valence-corrected chi connectivity index (χ2v) is 3.37. The molecule has 6 heteroatoms. The number of carbonyl (C=O) groups is 2. The predicted octanol–water partition coefficient (Wildman–Crippen LogP) is 0.810. The zero-order chi connectivity index (χ0) is 12.0. The quantitative estimate of drug-likeness (QED) is 0.373. The summed E-state index contributed by atoms with van der Waals surface area (Å²) in [6.45, 7) is 4.49. The first-order chi connectivity index (χ1) is 6.90. The lowest BCUT2D eigenvalue weighted by Gasteiger charge is -2.13. The molecular weight excluding hydrogens is 202 g/mol. The highest BCUT2D eigenvalue weighted by atomic mass is 16.6. The molecule has 2 unspecified atom stereocenters. The van der Waals surface area contributed by atoms with Gasteiger partial charge in [-0.15, -0.1) is 0 Å². The second kappa shape index (κ2) is 6.10. The third-order valence-electron chi connectivity index (χ3n) is 1.90. The van der Waals surface area contributed by atoms with E-state index in [0.717, 1.165) is 0 Å². The van der Waals surface area contributed by atoms with Gasteiger partial charge in [0.15, 0.2) is 0 Å². The molecule has 0 fully saturated rings. The van der Waals surface area contributed by atoms with Crippen LogP contribution < -0.4 is 0 Å². The molecule has 86 valence electrons. The van der Waals surface area contributed by atoms with E-state index in [1.54, 1.807) is 6.92 Å². The van der Waals surface area contributed by atoms with Crippen molar-refractivity contribution in [2.24, 2.45) is 5.92 Å². The minimum atomic E-state index is -1.45. The Morgan fingerprint density at radius 1 is 1.47 bits per heavy atom. The van der Waals surface area contributed by atoms with Crippen molar-refractivity contribution in [3.05, 3.63) is 10.1 Å². The fraction of sp³-hybridized carbons (Fsp3) is 0.778. The largest absolute Gasteiger partial charge is 0.461 e. The molecule has 0 spiro atoms. The molecule has 0 rings (SSSR count). The van der Waals surface area contributed by atoms with E-state index in [4.69, 9.17) is 0 Å². The van der Waals surface area contributed by atoms with Crippen LogP contribution in [0.3, 0.4) is 0 Å². The lowest BCUT2D eigenvalue weighted by atomic mass is 9.97. The molecule has 2 atom stereocenters. The van der Waals surface area contributed by atoms with Gasteiger partial charge in [0.1, 0.15) is 5.78 Å². The van der Waals surface area contributed by atoms with Gasteiger partial charge in [0, 0.05) is 17.3 Å². The van der Waals surface area contributed by atoms with E-state index in [0.29, 0.717) is 0 Å². The fourth-order valence-corrected chi connectivity index (χ4v) is 1.32. The molecule has 0 aromatic rings. The first-order valence-corrected chi connectivity index (χ1v) is 4.69. The van der Waals surface area contributed by atoms with E-state index < -0.39 is 22.9 Å². The monoisotopic (exact) mass is 217 g/mol. The summed E-state index contributed by atoms with van der Waals surface area (Å²) in [5.41, 5.74) is 0. The number of hydrogen-bond donors (Lipinski definition) is 0. The number of carbonyl (C=O) groups excluding carboxylic acids is 2. The summed E-state index contributed by atoms with van der Waals surface area (Å²) in [7, 11) is 0. The van der Waals surface area contributed by atoms with Crippen LogP contribution in [0.15, 0.2) is 0 Å². The lowest BCUT2D eigenvalue weighted by Crippen LogP contribution is -2.38. The minimum Gasteiger partial charge on any atom is -0.461 e. The molecule has 0 aromatic heterocycles. The van der Waals surface area contributed by atoms with Crippen LogP contribution in [0.2, 0.25) is 0 Å². The molecule has 0 N–H and O–H groups in total. The number of ketones is 1. The Morgan fingerprint density at radius 3 is 2.33 bits per heavy atom. The van der Waals surface area contributed by atoms with Crippen molar-refractivity contribution in [2.45, 2.75) is 33.2 Å². The Kier molecular flexibility index (Phi) is 5.51. The van der Waals surface area contributed by atoms with Gasteiger partial charge in [-0.2, -0.15) is 0 Å². The summed E-state index contributed by atoms with van der Waals surface area (Å²) in [6, 6.07) is -1.45. The Balaban J connectivity index is 4.58. The Hall–Kier alpha value is -1.46. The summed E-state index contributed by atoms with van der Waals surface area (Å²) >= 11 is 0. The molecule has 15 heavy (non-hydrogen) atoms. The number of rotatable bonds is 6.